The lowest BCUT2D eigenvalue weighted by Crippen LogP contribution is -2.17. The van der Waals surface area contributed by atoms with Crippen LogP contribution in [0, 0.1) is 0 Å². The van der Waals surface area contributed by atoms with Crippen molar-refractivity contribution in [2.75, 3.05) is 13.2 Å². The second kappa shape index (κ2) is 6.31. The minimum absolute atomic E-state index is 0.0690. The van der Waals surface area contributed by atoms with Crippen molar-refractivity contribution < 1.29 is 9.94 Å². The van der Waals surface area contributed by atoms with Gasteiger partial charge in [-0.15, -0.1) is 11.8 Å². The minimum Gasteiger partial charge on any atom is -0.409 e. The highest BCUT2D eigenvalue weighted by molar-refractivity contribution is 8.00. The average Bonchev–Trinajstić information content (AvgIpc) is 2.41. The molecule has 18 heavy (non-hydrogen) atoms. The van der Waals surface area contributed by atoms with Crippen LogP contribution in [0.25, 0.3) is 0 Å². The highest BCUT2D eigenvalue weighted by Gasteiger charge is 2.16. The first kappa shape index (κ1) is 13.5. The van der Waals surface area contributed by atoms with Crippen molar-refractivity contribution in [2.45, 2.75) is 23.0 Å². The standard InChI is InChI=1S/C12H15ClN2O2S/c13-10-7-8(12(14)15-16)1-2-11(10)18-9-3-5-17-6-4-9/h1-2,7,9,16H,3-6H2,(H2,14,15). The van der Waals surface area contributed by atoms with E-state index in [0.29, 0.717) is 15.8 Å². The van der Waals surface area contributed by atoms with E-state index in [2.05, 4.69) is 5.16 Å². The molecule has 1 aromatic carbocycles. The van der Waals surface area contributed by atoms with Gasteiger partial charge in [0, 0.05) is 28.9 Å². The molecule has 1 saturated heterocycles. The summed E-state index contributed by atoms with van der Waals surface area (Å²) in [5.74, 6) is 0.0690. The molecule has 0 spiro atoms. The Morgan fingerprint density at radius 1 is 1.44 bits per heavy atom. The summed E-state index contributed by atoms with van der Waals surface area (Å²) in [4.78, 5) is 1.03. The van der Waals surface area contributed by atoms with Crippen LogP contribution in [0.4, 0.5) is 0 Å². The molecule has 1 fully saturated rings. The zero-order valence-electron chi connectivity index (χ0n) is 9.80. The number of amidine groups is 1. The molecule has 4 nitrogen and oxygen atoms in total. The van der Waals surface area contributed by atoms with Crippen LogP contribution in [0.15, 0.2) is 28.3 Å². The SMILES string of the molecule is NC(=NO)c1ccc(SC2CCOCC2)c(Cl)c1. The summed E-state index contributed by atoms with van der Waals surface area (Å²) < 4.78 is 5.33. The molecule has 0 amide bonds. The summed E-state index contributed by atoms with van der Waals surface area (Å²) in [5, 5.41) is 12.7. The lowest BCUT2D eigenvalue weighted by molar-refractivity contribution is 0.100. The van der Waals surface area contributed by atoms with Gasteiger partial charge in [-0.1, -0.05) is 16.8 Å². The number of rotatable bonds is 3. The third kappa shape index (κ3) is 3.31. The Balaban J connectivity index is 2.09. The average molecular weight is 287 g/mol. The summed E-state index contributed by atoms with van der Waals surface area (Å²) >= 11 is 7.97. The fraction of sp³-hybridized carbons (Fsp3) is 0.417. The normalized spacial score (nSPS) is 17.9. The van der Waals surface area contributed by atoms with Crippen molar-refractivity contribution in [3.8, 4) is 0 Å². The maximum Gasteiger partial charge on any atom is 0.170 e. The van der Waals surface area contributed by atoms with E-state index >= 15 is 0 Å². The molecule has 1 aromatic rings. The molecule has 1 aliphatic rings. The molecule has 0 unspecified atom stereocenters. The van der Waals surface area contributed by atoms with E-state index < -0.39 is 0 Å². The van der Waals surface area contributed by atoms with Crippen molar-refractivity contribution in [1.29, 1.82) is 0 Å². The number of hydrogen-bond donors (Lipinski definition) is 2. The maximum atomic E-state index is 8.61. The Bertz CT molecular complexity index is 448. The van der Waals surface area contributed by atoms with Gasteiger partial charge in [-0.2, -0.15) is 0 Å². The molecule has 6 heteroatoms. The van der Waals surface area contributed by atoms with Crippen LogP contribution in [0.3, 0.4) is 0 Å². The Morgan fingerprint density at radius 3 is 2.78 bits per heavy atom. The Labute approximate surface area is 115 Å². The molecule has 0 aromatic heterocycles. The zero-order chi connectivity index (χ0) is 13.0. The number of nitrogens with zero attached hydrogens (tertiary/aromatic N) is 1. The summed E-state index contributed by atoms with van der Waals surface area (Å²) in [6, 6.07) is 5.44. The third-order valence-corrected chi connectivity index (χ3v) is 4.64. The predicted molar refractivity (Wildman–Crippen MR) is 73.7 cm³/mol. The molecule has 0 saturated carbocycles. The van der Waals surface area contributed by atoms with Gasteiger partial charge in [0.25, 0.3) is 0 Å². The number of hydrogen-bond acceptors (Lipinski definition) is 4. The van der Waals surface area contributed by atoms with Crippen LogP contribution in [0.5, 0.6) is 0 Å². The second-order valence-electron chi connectivity index (χ2n) is 4.06. The Hall–Kier alpha value is -0.910. The van der Waals surface area contributed by atoms with Crippen molar-refractivity contribution in [2.24, 2.45) is 10.9 Å². The topological polar surface area (TPSA) is 67.8 Å². The van der Waals surface area contributed by atoms with E-state index in [1.807, 2.05) is 12.1 Å². The van der Waals surface area contributed by atoms with Crippen molar-refractivity contribution in [1.82, 2.24) is 0 Å². The largest absolute Gasteiger partial charge is 0.409 e. The first-order valence-corrected chi connectivity index (χ1v) is 6.98. The summed E-state index contributed by atoms with van der Waals surface area (Å²) in [7, 11) is 0. The minimum atomic E-state index is 0.0690. The van der Waals surface area contributed by atoms with Crippen LogP contribution < -0.4 is 5.73 Å². The number of halogens is 1. The van der Waals surface area contributed by atoms with E-state index in [0.717, 1.165) is 31.0 Å². The van der Waals surface area contributed by atoms with Gasteiger partial charge in [-0.25, -0.2) is 0 Å². The molecule has 98 valence electrons. The second-order valence-corrected chi connectivity index (χ2v) is 5.81. The number of oxime groups is 1. The van der Waals surface area contributed by atoms with Crippen LogP contribution >= 0.6 is 23.4 Å². The predicted octanol–water partition coefficient (Wildman–Crippen LogP) is 2.71. The van der Waals surface area contributed by atoms with E-state index in [1.54, 1.807) is 17.8 Å². The molecule has 2 rings (SSSR count). The van der Waals surface area contributed by atoms with Crippen LogP contribution in [0.1, 0.15) is 18.4 Å². The lowest BCUT2D eigenvalue weighted by Gasteiger charge is -2.21. The number of ether oxygens (including phenoxy) is 1. The van der Waals surface area contributed by atoms with Gasteiger partial charge in [0.05, 0.1) is 5.02 Å². The summed E-state index contributed by atoms with van der Waals surface area (Å²) in [6.45, 7) is 1.63. The summed E-state index contributed by atoms with van der Waals surface area (Å²) in [5.41, 5.74) is 6.14. The van der Waals surface area contributed by atoms with E-state index in [1.165, 1.54) is 0 Å². The van der Waals surface area contributed by atoms with E-state index in [4.69, 9.17) is 27.3 Å². The van der Waals surface area contributed by atoms with Crippen LogP contribution in [0.2, 0.25) is 5.02 Å². The van der Waals surface area contributed by atoms with Gasteiger partial charge in [-0.3, -0.25) is 0 Å². The highest BCUT2D eigenvalue weighted by Crippen LogP contribution is 2.34. The van der Waals surface area contributed by atoms with Gasteiger partial charge >= 0.3 is 0 Å². The number of thioether (sulfide) groups is 1. The first-order valence-electron chi connectivity index (χ1n) is 5.72. The lowest BCUT2D eigenvalue weighted by atomic mass is 10.2. The Morgan fingerprint density at radius 2 is 2.17 bits per heavy atom. The van der Waals surface area contributed by atoms with Crippen molar-refractivity contribution in [3.63, 3.8) is 0 Å². The maximum absolute atomic E-state index is 8.61. The number of nitrogens with two attached hydrogens (primary N) is 1. The zero-order valence-corrected chi connectivity index (χ0v) is 11.4. The smallest absolute Gasteiger partial charge is 0.170 e. The molecule has 0 aliphatic carbocycles. The molecule has 0 bridgehead atoms. The molecular formula is C12H15ClN2O2S. The first-order chi connectivity index (χ1) is 8.70. The molecule has 0 radical (unpaired) electrons. The third-order valence-electron chi connectivity index (χ3n) is 2.80. The van der Waals surface area contributed by atoms with Gasteiger partial charge in [0.15, 0.2) is 5.84 Å². The van der Waals surface area contributed by atoms with E-state index in [9.17, 15) is 0 Å². The fourth-order valence-electron chi connectivity index (χ4n) is 1.79. The molecular weight excluding hydrogens is 272 g/mol. The molecule has 1 aliphatic heterocycles. The molecule has 1 heterocycles. The van der Waals surface area contributed by atoms with E-state index in [-0.39, 0.29) is 5.84 Å². The van der Waals surface area contributed by atoms with Gasteiger partial charge in [0.1, 0.15) is 0 Å². The van der Waals surface area contributed by atoms with Crippen molar-refractivity contribution in [3.05, 3.63) is 28.8 Å². The van der Waals surface area contributed by atoms with Crippen molar-refractivity contribution >= 4 is 29.2 Å². The van der Waals surface area contributed by atoms with Gasteiger partial charge in [0.2, 0.25) is 0 Å². The van der Waals surface area contributed by atoms with Gasteiger partial charge in [-0.05, 0) is 31.0 Å². The summed E-state index contributed by atoms with van der Waals surface area (Å²) in [6.07, 6.45) is 2.09. The highest BCUT2D eigenvalue weighted by atomic mass is 35.5. The van der Waals surface area contributed by atoms with Crippen LogP contribution in [-0.2, 0) is 4.74 Å². The monoisotopic (exact) mass is 286 g/mol. The number of benzene rings is 1. The van der Waals surface area contributed by atoms with Gasteiger partial charge < -0.3 is 15.7 Å². The Kier molecular flexibility index (Phi) is 4.74. The van der Waals surface area contributed by atoms with Crippen LogP contribution in [-0.4, -0.2) is 29.5 Å². The molecule has 3 N–H and O–H groups in total. The molecule has 0 atom stereocenters. The fourth-order valence-corrected chi connectivity index (χ4v) is 3.21. The quantitative estimate of drug-likeness (QED) is 0.388.